The Morgan fingerprint density at radius 3 is 0.902 bits per heavy atom. The van der Waals surface area contributed by atoms with Gasteiger partial charge in [-0.05, 0) is 25.7 Å². The normalized spacial score (nSPS) is 13.8. The summed E-state index contributed by atoms with van der Waals surface area (Å²) in [5, 5.41) is 44.6. The van der Waals surface area contributed by atoms with Crippen LogP contribution >= 0.6 is 0 Å². The molecule has 244 valence electrons. The molecule has 2 unspecified atom stereocenters. The van der Waals surface area contributed by atoms with E-state index in [0.29, 0.717) is 25.7 Å². The highest BCUT2D eigenvalue weighted by Crippen LogP contribution is 2.30. The van der Waals surface area contributed by atoms with E-state index >= 15 is 0 Å². The largest absolute Gasteiger partial charge is 0.389 e. The topological polar surface area (TPSA) is 124 Å². The Labute approximate surface area is 251 Å². The zero-order valence-corrected chi connectivity index (χ0v) is 27.1. The van der Waals surface area contributed by atoms with Crippen molar-refractivity contribution >= 4 is 11.9 Å². The second-order valence-corrected chi connectivity index (χ2v) is 12.4. The van der Waals surface area contributed by atoms with Crippen LogP contribution in [0.2, 0.25) is 0 Å². The molecule has 0 aromatic carbocycles. The van der Waals surface area contributed by atoms with E-state index in [2.05, 4.69) is 27.7 Å². The summed E-state index contributed by atoms with van der Waals surface area (Å²) < 4.78 is 4.95. The van der Waals surface area contributed by atoms with E-state index in [9.17, 15) is 30.0 Å². The first-order valence-corrected chi connectivity index (χ1v) is 17.2. The van der Waals surface area contributed by atoms with E-state index in [1.807, 2.05) is 0 Å². The predicted molar refractivity (Wildman–Crippen MR) is 167 cm³/mol. The van der Waals surface area contributed by atoms with Crippen molar-refractivity contribution in [1.29, 1.82) is 0 Å². The third-order valence-corrected chi connectivity index (χ3v) is 8.52. The lowest BCUT2D eigenvalue weighted by Crippen LogP contribution is -2.52. The van der Waals surface area contributed by atoms with Crippen molar-refractivity contribution in [3.63, 3.8) is 0 Å². The van der Waals surface area contributed by atoms with Crippen LogP contribution in [0.15, 0.2) is 0 Å². The van der Waals surface area contributed by atoms with E-state index in [-0.39, 0.29) is 25.7 Å². The summed E-state index contributed by atoms with van der Waals surface area (Å²) in [6, 6.07) is 0. The van der Waals surface area contributed by atoms with Crippen molar-refractivity contribution in [1.82, 2.24) is 0 Å². The maximum atomic E-state index is 12.9. The average molecular weight is 587 g/mol. The first-order chi connectivity index (χ1) is 19.6. The second-order valence-electron chi connectivity index (χ2n) is 12.4. The second kappa shape index (κ2) is 24.4. The van der Waals surface area contributed by atoms with E-state index < -0.39 is 35.3 Å². The minimum Gasteiger partial charge on any atom is -0.389 e. The number of carbonyl (C=O) groups is 2. The molecule has 0 aromatic rings. The minimum absolute atomic E-state index is 0.233. The molecule has 0 saturated heterocycles. The number of aliphatic hydroxyl groups excluding tert-OH is 2. The Morgan fingerprint density at radius 2 is 0.683 bits per heavy atom. The number of esters is 2. The van der Waals surface area contributed by atoms with Gasteiger partial charge in [0, 0.05) is 0 Å². The Balaban J connectivity index is 5.36. The Morgan fingerprint density at radius 1 is 0.463 bits per heavy atom. The molecule has 0 aromatic heterocycles. The zero-order valence-electron chi connectivity index (χ0n) is 27.1. The molecule has 7 heteroatoms. The molecule has 0 radical (unpaired) electrons. The fraction of sp³-hybridized carbons (Fsp3) is 0.941. The van der Waals surface area contributed by atoms with Gasteiger partial charge >= 0.3 is 11.9 Å². The molecule has 0 aliphatic rings. The summed E-state index contributed by atoms with van der Waals surface area (Å²) in [5.41, 5.74) is -3.40. The molecule has 0 saturated carbocycles. The number of carbonyl (C=O) groups excluding carboxylic acids is 2. The Bertz CT molecular complexity index is 569. The lowest BCUT2D eigenvalue weighted by Gasteiger charge is -2.34. The molecule has 0 heterocycles. The van der Waals surface area contributed by atoms with Gasteiger partial charge in [0.05, 0.1) is 0 Å². The fourth-order valence-corrected chi connectivity index (χ4v) is 5.59. The number of unbranched alkanes of at least 4 members (excludes halogenated alkanes) is 16. The van der Waals surface area contributed by atoms with E-state index in [1.165, 1.54) is 0 Å². The highest BCUT2D eigenvalue weighted by molar-refractivity contribution is 5.91. The van der Waals surface area contributed by atoms with Crippen molar-refractivity contribution in [3.05, 3.63) is 0 Å². The SMILES string of the molecule is CCCCCCCC(O)(CCCCCCC)C(O)C(=O)OC(=O)C(O)C(O)(CCCCCCC)CCCCCCC. The molecular weight excluding hydrogens is 520 g/mol. The van der Waals surface area contributed by atoms with Crippen molar-refractivity contribution < 1.29 is 34.8 Å². The van der Waals surface area contributed by atoms with Gasteiger partial charge < -0.3 is 25.2 Å². The maximum Gasteiger partial charge on any atom is 0.345 e. The van der Waals surface area contributed by atoms with Gasteiger partial charge in [-0.2, -0.15) is 0 Å². The van der Waals surface area contributed by atoms with E-state index in [1.54, 1.807) is 0 Å². The average Bonchev–Trinajstić information content (AvgIpc) is 2.95. The number of ether oxygens (including phenoxy) is 1. The van der Waals surface area contributed by atoms with Crippen LogP contribution in [-0.2, 0) is 14.3 Å². The molecule has 0 rings (SSSR count). The van der Waals surface area contributed by atoms with Gasteiger partial charge in [-0.3, -0.25) is 0 Å². The summed E-state index contributed by atoms with van der Waals surface area (Å²) in [4.78, 5) is 25.8. The molecule has 4 N–H and O–H groups in total. The van der Waals surface area contributed by atoms with Crippen LogP contribution in [0.5, 0.6) is 0 Å². The lowest BCUT2D eigenvalue weighted by molar-refractivity contribution is -0.190. The molecule has 2 atom stereocenters. The number of hydrogen-bond donors (Lipinski definition) is 4. The molecule has 0 aliphatic heterocycles. The standard InChI is InChI=1S/C34H66O7/c1-5-9-13-17-21-25-33(39,26-22-18-14-10-6-2)29(35)31(37)41-32(38)30(36)34(40,27-23-19-15-11-7-3)28-24-20-16-12-8-4/h29-30,35-36,39-40H,5-28H2,1-4H3. The zero-order chi connectivity index (χ0) is 31.0. The van der Waals surface area contributed by atoms with Crippen molar-refractivity contribution in [2.45, 2.75) is 205 Å². The molecule has 0 fully saturated rings. The number of rotatable bonds is 28. The number of hydrogen-bond acceptors (Lipinski definition) is 7. The third kappa shape index (κ3) is 17.6. The van der Waals surface area contributed by atoms with E-state index in [0.717, 1.165) is 103 Å². The molecule has 0 bridgehead atoms. The molecule has 0 spiro atoms. The molecular formula is C34H66O7. The van der Waals surface area contributed by atoms with Gasteiger partial charge in [0.15, 0.2) is 12.2 Å². The van der Waals surface area contributed by atoms with Crippen molar-refractivity contribution in [2.75, 3.05) is 0 Å². The van der Waals surface area contributed by atoms with Gasteiger partial charge in [0.2, 0.25) is 0 Å². The minimum atomic E-state index is -1.90. The first kappa shape index (κ1) is 40.0. The van der Waals surface area contributed by atoms with Gasteiger partial charge in [-0.25, -0.2) is 9.59 Å². The van der Waals surface area contributed by atoms with Crippen LogP contribution < -0.4 is 0 Å². The molecule has 41 heavy (non-hydrogen) atoms. The summed E-state index contributed by atoms with van der Waals surface area (Å²) in [7, 11) is 0. The van der Waals surface area contributed by atoms with Gasteiger partial charge in [-0.15, -0.1) is 0 Å². The van der Waals surface area contributed by atoms with Crippen LogP contribution in [0.3, 0.4) is 0 Å². The molecule has 0 aliphatic carbocycles. The van der Waals surface area contributed by atoms with Gasteiger partial charge in [-0.1, -0.05) is 156 Å². The highest BCUT2D eigenvalue weighted by Gasteiger charge is 2.45. The van der Waals surface area contributed by atoms with Crippen molar-refractivity contribution in [2.24, 2.45) is 0 Å². The summed E-state index contributed by atoms with van der Waals surface area (Å²) in [6.45, 7) is 8.49. The van der Waals surface area contributed by atoms with Gasteiger partial charge in [0.1, 0.15) is 11.2 Å². The smallest absolute Gasteiger partial charge is 0.345 e. The third-order valence-electron chi connectivity index (χ3n) is 8.52. The monoisotopic (exact) mass is 586 g/mol. The summed E-state index contributed by atoms with van der Waals surface area (Å²) >= 11 is 0. The van der Waals surface area contributed by atoms with Gasteiger partial charge in [0.25, 0.3) is 0 Å². The Hall–Kier alpha value is -1.02. The molecule has 7 nitrogen and oxygen atoms in total. The Kier molecular flexibility index (Phi) is 23.8. The first-order valence-electron chi connectivity index (χ1n) is 17.2. The lowest BCUT2D eigenvalue weighted by atomic mass is 9.84. The van der Waals surface area contributed by atoms with Crippen LogP contribution in [0.25, 0.3) is 0 Å². The molecule has 0 amide bonds. The van der Waals surface area contributed by atoms with Crippen LogP contribution in [0.1, 0.15) is 182 Å². The fourth-order valence-electron chi connectivity index (χ4n) is 5.59. The highest BCUT2D eigenvalue weighted by atomic mass is 16.6. The predicted octanol–water partition coefficient (Wildman–Crippen LogP) is 7.68. The summed E-state index contributed by atoms with van der Waals surface area (Å²) in [5.74, 6) is -2.51. The van der Waals surface area contributed by atoms with E-state index in [4.69, 9.17) is 4.74 Å². The van der Waals surface area contributed by atoms with Crippen LogP contribution in [-0.4, -0.2) is 55.8 Å². The van der Waals surface area contributed by atoms with Crippen LogP contribution in [0, 0.1) is 0 Å². The maximum absolute atomic E-state index is 12.9. The number of aliphatic hydroxyl groups is 4. The summed E-state index contributed by atoms with van der Waals surface area (Å²) in [6.07, 6.45) is 16.1. The van der Waals surface area contributed by atoms with Crippen LogP contribution in [0.4, 0.5) is 0 Å². The quantitative estimate of drug-likeness (QED) is 0.0421. The van der Waals surface area contributed by atoms with Crippen molar-refractivity contribution in [3.8, 4) is 0 Å².